The number of nitrogens with zero attached hydrogens (tertiary/aromatic N) is 1. The minimum Gasteiger partial charge on any atom is -0.391 e. The zero-order chi connectivity index (χ0) is 10.9. The Labute approximate surface area is 85.1 Å². The number of rotatable bonds is 3. The average molecular weight is 200 g/mol. The second-order valence-corrected chi connectivity index (χ2v) is 5.00. The number of aliphatic hydroxyl groups excluding tert-OH is 1. The van der Waals surface area contributed by atoms with Gasteiger partial charge in [-0.2, -0.15) is 0 Å². The maximum Gasteiger partial charge on any atom is 0.221 e. The van der Waals surface area contributed by atoms with E-state index in [4.69, 9.17) is 5.73 Å². The lowest BCUT2D eigenvalue weighted by Gasteiger charge is -2.22. The standard InChI is InChI=1S/C10H20N2O2/c1-7(9(11)14)4-12-5-8(13)10(2,3)6-12/h7-8,13H,4-6H2,1-3H3,(H2,11,14). The van der Waals surface area contributed by atoms with Crippen molar-refractivity contribution in [1.29, 1.82) is 0 Å². The first-order valence-electron chi connectivity index (χ1n) is 5.02. The third kappa shape index (κ3) is 2.45. The third-order valence-corrected chi connectivity index (χ3v) is 2.98. The van der Waals surface area contributed by atoms with Gasteiger partial charge in [0.15, 0.2) is 0 Å². The van der Waals surface area contributed by atoms with Crippen LogP contribution in [0.1, 0.15) is 20.8 Å². The summed E-state index contributed by atoms with van der Waals surface area (Å²) in [5.74, 6) is -0.416. The van der Waals surface area contributed by atoms with Crippen LogP contribution in [-0.2, 0) is 4.79 Å². The van der Waals surface area contributed by atoms with E-state index in [2.05, 4.69) is 4.90 Å². The molecule has 0 saturated carbocycles. The lowest BCUT2D eigenvalue weighted by Crippen LogP contribution is -2.34. The van der Waals surface area contributed by atoms with Gasteiger partial charge in [0.1, 0.15) is 0 Å². The van der Waals surface area contributed by atoms with E-state index in [-0.39, 0.29) is 23.3 Å². The van der Waals surface area contributed by atoms with Crippen molar-refractivity contribution < 1.29 is 9.90 Å². The third-order valence-electron chi connectivity index (χ3n) is 2.98. The molecule has 1 aliphatic heterocycles. The number of hydrogen-bond donors (Lipinski definition) is 2. The topological polar surface area (TPSA) is 66.6 Å². The molecule has 0 bridgehead atoms. The van der Waals surface area contributed by atoms with Gasteiger partial charge in [0.05, 0.1) is 6.10 Å². The Kier molecular flexibility index (Phi) is 3.17. The summed E-state index contributed by atoms with van der Waals surface area (Å²) < 4.78 is 0. The van der Waals surface area contributed by atoms with Crippen molar-refractivity contribution in [3.63, 3.8) is 0 Å². The van der Waals surface area contributed by atoms with E-state index in [0.717, 1.165) is 6.54 Å². The quantitative estimate of drug-likeness (QED) is 0.663. The molecular weight excluding hydrogens is 180 g/mol. The first-order chi connectivity index (χ1) is 6.33. The minimum absolute atomic E-state index is 0.0721. The highest BCUT2D eigenvalue weighted by Crippen LogP contribution is 2.29. The second-order valence-electron chi connectivity index (χ2n) is 5.00. The molecule has 1 amide bonds. The summed E-state index contributed by atoms with van der Waals surface area (Å²) in [5.41, 5.74) is 5.12. The van der Waals surface area contributed by atoms with Gasteiger partial charge in [-0.3, -0.25) is 9.69 Å². The molecule has 0 spiro atoms. The molecule has 4 nitrogen and oxygen atoms in total. The Morgan fingerprint density at radius 3 is 2.64 bits per heavy atom. The average Bonchev–Trinajstić information content (AvgIpc) is 2.25. The highest BCUT2D eigenvalue weighted by atomic mass is 16.3. The normalized spacial score (nSPS) is 29.0. The highest BCUT2D eigenvalue weighted by molar-refractivity contribution is 5.76. The van der Waals surface area contributed by atoms with Gasteiger partial charge >= 0.3 is 0 Å². The Balaban J connectivity index is 2.47. The van der Waals surface area contributed by atoms with Crippen LogP contribution in [0.2, 0.25) is 0 Å². The Morgan fingerprint density at radius 1 is 1.71 bits per heavy atom. The van der Waals surface area contributed by atoms with Crippen LogP contribution in [0.15, 0.2) is 0 Å². The van der Waals surface area contributed by atoms with Crippen molar-refractivity contribution in [3.05, 3.63) is 0 Å². The fourth-order valence-corrected chi connectivity index (χ4v) is 1.85. The Bertz CT molecular complexity index is 228. The molecule has 0 aromatic rings. The van der Waals surface area contributed by atoms with Gasteiger partial charge < -0.3 is 10.8 Å². The van der Waals surface area contributed by atoms with Crippen LogP contribution < -0.4 is 5.73 Å². The first kappa shape index (κ1) is 11.5. The number of aliphatic hydroxyl groups is 1. The molecule has 1 saturated heterocycles. The van der Waals surface area contributed by atoms with E-state index >= 15 is 0 Å². The van der Waals surface area contributed by atoms with E-state index in [1.54, 1.807) is 0 Å². The van der Waals surface area contributed by atoms with Crippen LogP contribution in [0.4, 0.5) is 0 Å². The van der Waals surface area contributed by atoms with Crippen molar-refractivity contribution >= 4 is 5.91 Å². The fraction of sp³-hybridized carbons (Fsp3) is 0.900. The molecule has 14 heavy (non-hydrogen) atoms. The number of carbonyl (C=O) groups is 1. The van der Waals surface area contributed by atoms with E-state index in [9.17, 15) is 9.90 Å². The molecule has 4 heteroatoms. The van der Waals surface area contributed by atoms with E-state index < -0.39 is 0 Å². The number of β-amino-alcohol motifs (C(OH)–C–C–N with tert-alkyl or cyclic N) is 1. The molecule has 0 aliphatic carbocycles. The van der Waals surface area contributed by atoms with E-state index in [1.165, 1.54) is 0 Å². The van der Waals surface area contributed by atoms with Crippen molar-refractivity contribution in [2.45, 2.75) is 26.9 Å². The Morgan fingerprint density at radius 2 is 2.29 bits per heavy atom. The largest absolute Gasteiger partial charge is 0.391 e. The van der Waals surface area contributed by atoms with Crippen LogP contribution in [-0.4, -0.2) is 41.7 Å². The molecule has 1 fully saturated rings. The Hall–Kier alpha value is -0.610. The zero-order valence-corrected chi connectivity index (χ0v) is 9.16. The molecule has 82 valence electrons. The monoisotopic (exact) mass is 200 g/mol. The van der Waals surface area contributed by atoms with Crippen LogP contribution in [0.3, 0.4) is 0 Å². The highest BCUT2D eigenvalue weighted by Gasteiger charge is 2.38. The fourth-order valence-electron chi connectivity index (χ4n) is 1.85. The second kappa shape index (κ2) is 3.87. The summed E-state index contributed by atoms with van der Waals surface area (Å²) >= 11 is 0. The lowest BCUT2D eigenvalue weighted by atomic mass is 9.90. The molecule has 1 aliphatic rings. The molecule has 1 heterocycles. The molecule has 1 rings (SSSR count). The maximum absolute atomic E-state index is 10.9. The van der Waals surface area contributed by atoms with Crippen molar-refractivity contribution in [1.82, 2.24) is 4.90 Å². The number of primary amides is 1. The maximum atomic E-state index is 10.9. The van der Waals surface area contributed by atoms with Crippen molar-refractivity contribution in [3.8, 4) is 0 Å². The molecule has 0 radical (unpaired) electrons. The summed E-state index contributed by atoms with van der Waals surface area (Å²) in [5, 5.41) is 9.72. The van der Waals surface area contributed by atoms with E-state index in [1.807, 2.05) is 20.8 Å². The van der Waals surface area contributed by atoms with Gasteiger partial charge in [-0.25, -0.2) is 0 Å². The SMILES string of the molecule is CC(CN1CC(O)C(C)(C)C1)C(N)=O. The van der Waals surface area contributed by atoms with Gasteiger partial charge in [0, 0.05) is 31.0 Å². The van der Waals surface area contributed by atoms with Crippen LogP contribution in [0, 0.1) is 11.3 Å². The summed E-state index contributed by atoms with van der Waals surface area (Å²) in [7, 11) is 0. The van der Waals surface area contributed by atoms with Crippen molar-refractivity contribution in [2.75, 3.05) is 19.6 Å². The summed E-state index contributed by atoms with van der Waals surface area (Å²) in [6, 6.07) is 0. The van der Waals surface area contributed by atoms with Crippen LogP contribution in [0.25, 0.3) is 0 Å². The molecule has 2 atom stereocenters. The minimum atomic E-state index is -0.303. The summed E-state index contributed by atoms with van der Waals surface area (Å²) in [4.78, 5) is 13.0. The van der Waals surface area contributed by atoms with Gasteiger partial charge in [-0.1, -0.05) is 20.8 Å². The first-order valence-corrected chi connectivity index (χ1v) is 5.02. The number of nitrogens with two attached hydrogens (primary N) is 1. The zero-order valence-electron chi connectivity index (χ0n) is 9.16. The molecule has 3 N–H and O–H groups in total. The van der Waals surface area contributed by atoms with Gasteiger partial charge in [-0.15, -0.1) is 0 Å². The smallest absolute Gasteiger partial charge is 0.221 e. The van der Waals surface area contributed by atoms with Gasteiger partial charge in [0.25, 0.3) is 0 Å². The molecule has 2 unspecified atom stereocenters. The van der Waals surface area contributed by atoms with Crippen molar-refractivity contribution in [2.24, 2.45) is 17.1 Å². The van der Waals surface area contributed by atoms with Gasteiger partial charge in [0.2, 0.25) is 5.91 Å². The van der Waals surface area contributed by atoms with Gasteiger partial charge in [-0.05, 0) is 0 Å². The molecular formula is C10H20N2O2. The molecule has 0 aromatic heterocycles. The summed E-state index contributed by atoms with van der Waals surface area (Å²) in [6.45, 7) is 8.01. The predicted molar refractivity (Wildman–Crippen MR) is 54.6 cm³/mol. The van der Waals surface area contributed by atoms with Crippen LogP contribution in [0.5, 0.6) is 0 Å². The number of hydrogen-bond acceptors (Lipinski definition) is 3. The van der Waals surface area contributed by atoms with Crippen LogP contribution >= 0.6 is 0 Å². The number of likely N-dealkylation sites (tertiary alicyclic amines) is 1. The number of carbonyl (C=O) groups excluding carboxylic acids is 1. The summed E-state index contributed by atoms with van der Waals surface area (Å²) in [6.07, 6.45) is -0.303. The number of amides is 1. The molecule has 0 aromatic carbocycles. The lowest BCUT2D eigenvalue weighted by molar-refractivity contribution is -0.121. The van der Waals surface area contributed by atoms with E-state index in [0.29, 0.717) is 13.1 Å². The predicted octanol–water partition coefficient (Wildman–Crippen LogP) is -0.189.